The summed E-state index contributed by atoms with van der Waals surface area (Å²) in [6, 6.07) is -1.58. The number of carboxylic acid groups (broad SMARTS) is 1. The van der Waals surface area contributed by atoms with Gasteiger partial charge in [-0.2, -0.15) is 0 Å². The zero-order chi connectivity index (χ0) is 15.0. The van der Waals surface area contributed by atoms with Gasteiger partial charge in [0.1, 0.15) is 6.04 Å². The minimum atomic E-state index is -1.04. The Morgan fingerprint density at radius 1 is 1.05 bits per heavy atom. The number of likely N-dealkylation sites (N-methyl/N-ethyl adjacent to an activating group) is 1. The van der Waals surface area contributed by atoms with Crippen LogP contribution in [0, 0.1) is 0 Å². The first kappa shape index (κ1) is 17.0. The van der Waals surface area contributed by atoms with Gasteiger partial charge in [0.25, 0.3) is 0 Å². The molecule has 110 valence electrons. The van der Waals surface area contributed by atoms with Crippen molar-refractivity contribution in [3.8, 4) is 0 Å². The molecule has 0 aliphatic rings. The zero-order valence-electron chi connectivity index (χ0n) is 11.8. The van der Waals surface area contributed by atoms with E-state index in [-0.39, 0.29) is 19.1 Å². The molecule has 0 saturated carbocycles. The Kier molecular flexibility index (Phi) is 7.32. The highest BCUT2D eigenvalue weighted by molar-refractivity contribution is 5.82. The van der Waals surface area contributed by atoms with Gasteiger partial charge < -0.3 is 25.5 Å². The first-order valence-corrected chi connectivity index (χ1v) is 5.99. The predicted octanol–water partition coefficient (Wildman–Crippen LogP) is -0.238. The number of aliphatic carboxylic acids is 1. The Bertz CT molecular complexity index is 333. The number of rotatable bonds is 6. The zero-order valence-corrected chi connectivity index (χ0v) is 11.8. The molecule has 8 heteroatoms. The number of amides is 4. The van der Waals surface area contributed by atoms with Crippen LogP contribution in [0.25, 0.3) is 0 Å². The highest BCUT2D eigenvalue weighted by Gasteiger charge is 2.24. The fraction of sp³-hybridized carbons (Fsp3) is 0.727. The van der Waals surface area contributed by atoms with Crippen molar-refractivity contribution >= 4 is 18.0 Å². The summed E-state index contributed by atoms with van der Waals surface area (Å²) in [5.41, 5.74) is 0. The van der Waals surface area contributed by atoms with Crippen LogP contribution in [0.1, 0.15) is 13.3 Å². The van der Waals surface area contributed by atoms with Crippen LogP contribution in [-0.2, 0) is 4.79 Å². The molecule has 0 rings (SSSR count). The van der Waals surface area contributed by atoms with Gasteiger partial charge >= 0.3 is 18.0 Å². The summed E-state index contributed by atoms with van der Waals surface area (Å²) < 4.78 is 0. The van der Waals surface area contributed by atoms with Gasteiger partial charge in [-0.3, -0.25) is 0 Å². The van der Waals surface area contributed by atoms with E-state index in [2.05, 4.69) is 10.6 Å². The number of carbonyl (C=O) groups is 3. The number of carboxylic acids is 1. The van der Waals surface area contributed by atoms with E-state index < -0.39 is 18.0 Å². The van der Waals surface area contributed by atoms with Gasteiger partial charge in [0.05, 0.1) is 0 Å². The first-order valence-electron chi connectivity index (χ1n) is 5.99. The lowest BCUT2D eigenvalue weighted by Crippen LogP contribution is -2.48. The number of nitrogens with zero attached hydrogens (tertiary/aromatic N) is 2. The lowest BCUT2D eigenvalue weighted by molar-refractivity contribution is -0.141. The Hall–Kier alpha value is -1.99. The summed E-state index contributed by atoms with van der Waals surface area (Å²) in [7, 11) is 4.65. The number of hydrogen-bond acceptors (Lipinski definition) is 3. The summed E-state index contributed by atoms with van der Waals surface area (Å²) in [6.45, 7) is 2.21. The average Bonchev–Trinajstić information content (AvgIpc) is 2.33. The Morgan fingerprint density at radius 3 is 1.89 bits per heavy atom. The second-order valence-corrected chi connectivity index (χ2v) is 4.23. The molecule has 0 aromatic rings. The van der Waals surface area contributed by atoms with E-state index in [0.717, 1.165) is 4.90 Å². The molecular formula is C11H22N4O4. The number of urea groups is 2. The van der Waals surface area contributed by atoms with Crippen LogP contribution in [0.5, 0.6) is 0 Å². The van der Waals surface area contributed by atoms with E-state index in [1.165, 1.54) is 11.9 Å². The summed E-state index contributed by atoms with van der Waals surface area (Å²) in [6.07, 6.45) is 0.330. The van der Waals surface area contributed by atoms with Crippen molar-refractivity contribution in [2.45, 2.75) is 19.4 Å². The van der Waals surface area contributed by atoms with Gasteiger partial charge in [0.2, 0.25) is 0 Å². The van der Waals surface area contributed by atoms with E-state index in [1.807, 2.05) is 0 Å². The molecule has 0 radical (unpaired) electrons. The van der Waals surface area contributed by atoms with Gasteiger partial charge in [-0.15, -0.1) is 0 Å². The van der Waals surface area contributed by atoms with Gasteiger partial charge in [-0.05, 0) is 6.42 Å². The largest absolute Gasteiger partial charge is 0.480 e. The molecule has 3 N–H and O–H groups in total. The Morgan fingerprint density at radius 2 is 1.53 bits per heavy atom. The third-order valence-corrected chi connectivity index (χ3v) is 2.54. The molecule has 0 aliphatic carbocycles. The van der Waals surface area contributed by atoms with Crippen molar-refractivity contribution in [2.75, 3.05) is 34.2 Å². The van der Waals surface area contributed by atoms with Crippen LogP contribution >= 0.6 is 0 Å². The van der Waals surface area contributed by atoms with Crippen LogP contribution in [0.15, 0.2) is 0 Å². The van der Waals surface area contributed by atoms with Crippen molar-refractivity contribution in [2.24, 2.45) is 0 Å². The highest BCUT2D eigenvalue weighted by atomic mass is 16.4. The van der Waals surface area contributed by atoms with Gasteiger partial charge in [-0.25, -0.2) is 14.4 Å². The molecule has 0 aliphatic heterocycles. The van der Waals surface area contributed by atoms with Crippen LogP contribution in [0.2, 0.25) is 0 Å². The number of hydrogen-bond donors (Lipinski definition) is 3. The average molecular weight is 274 g/mol. The fourth-order valence-corrected chi connectivity index (χ4v) is 1.38. The first-order chi connectivity index (χ1) is 8.81. The van der Waals surface area contributed by atoms with Gasteiger partial charge in [0, 0.05) is 34.2 Å². The smallest absolute Gasteiger partial charge is 0.326 e. The lowest BCUT2D eigenvalue weighted by atomic mass is 10.2. The molecule has 8 nitrogen and oxygen atoms in total. The molecule has 19 heavy (non-hydrogen) atoms. The molecule has 1 unspecified atom stereocenters. The van der Waals surface area contributed by atoms with E-state index in [4.69, 9.17) is 5.11 Å². The minimum absolute atomic E-state index is 0.235. The molecule has 0 aromatic carbocycles. The van der Waals surface area contributed by atoms with Crippen molar-refractivity contribution < 1.29 is 19.5 Å². The molecule has 0 fully saturated rings. The third kappa shape index (κ3) is 5.94. The summed E-state index contributed by atoms with van der Waals surface area (Å²) in [5, 5.41) is 14.0. The van der Waals surface area contributed by atoms with Crippen molar-refractivity contribution in [3.05, 3.63) is 0 Å². The van der Waals surface area contributed by atoms with E-state index in [9.17, 15) is 14.4 Å². The maximum Gasteiger partial charge on any atom is 0.326 e. The van der Waals surface area contributed by atoms with Crippen molar-refractivity contribution in [1.29, 1.82) is 0 Å². The van der Waals surface area contributed by atoms with E-state index in [1.54, 1.807) is 21.0 Å². The van der Waals surface area contributed by atoms with E-state index in [0.29, 0.717) is 6.42 Å². The maximum absolute atomic E-state index is 11.7. The SMILES string of the molecule is CCC(C(=O)O)N(C)C(=O)NCCNC(=O)N(C)C. The van der Waals surface area contributed by atoms with Gasteiger partial charge in [-0.1, -0.05) is 6.92 Å². The molecule has 0 heterocycles. The monoisotopic (exact) mass is 274 g/mol. The fourth-order valence-electron chi connectivity index (χ4n) is 1.38. The van der Waals surface area contributed by atoms with Crippen molar-refractivity contribution in [1.82, 2.24) is 20.4 Å². The van der Waals surface area contributed by atoms with Crippen LogP contribution < -0.4 is 10.6 Å². The highest BCUT2D eigenvalue weighted by Crippen LogP contribution is 2.01. The summed E-state index contributed by atoms with van der Waals surface area (Å²) >= 11 is 0. The van der Waals surface area contributed by atoms with Gasteiger partial charge in [0.15, 0.2) is 0 Å². The molecule has 0 spiro atoms. The second kappa shape index (κ2) is 8.17. The molecule has 1 atom stereocenters. The third-order valence-electron chi connectivity index (χ3n) is 2.54. The molecule has 4 amide bonds. The van der Waals surface area contributed by atoms with Crippen LogP contribution in [0.4, 0.5) is 9.59 Å². The number of nitrogens with one attached hydrogen (secondary N) is 2. The topological polar surface area (TPSA) is 102 Å². The van der Waals surface area contributed by atoms with Crippen molar-refractivity contribution in [3.63, 3.8) is 0 Å². The predicted molar refractivity (Wildman–Crippen MR) is 70.0 cm³/mol. The maximum atomic E-state index is 11.7. The van der Waals surface area contributed by atoms with Crippen LogP contribution in [-0.4, -0.2) is 73.2 Å². The lowest BCUT2D eigenvalue weighted by Gasteiger charge is -2.24. The second-order valence-electron chi connectivity index (χ2n) is 4.23. The molecule has 0 aromatic heterocycles. The molecule has 0 bridgehead atoms. The Labute approximate surface area is 112 Å². The minimum Gasteiger partial charge on any atom is -0.480 e. The van der Waals surface area contributed by atoms with Crippen LogP contribution in [0.3, 0.4) is 0 Å². The Balaban J connectivity index is 4.04. The van der Waals surface area contributed by atoms with E-state index >= 15 is 0 Å². The summed E-state index contributed by atoms with van der Waals surface area (Å²) in [5.74, 6) is -1.04. The normalized spacial score (nSPS) is 11.4. The number of carbonyl (C=O) groups excluding carboxylic acids is 2. The standard InChI is InChI=1S/C11H22N4O4/c1-5-8(9(16)17)15(4)11(19)13-7-6-12-10(18)14(2)3/h8H,5-7H2,1-4H3,(H,12,18)(H,13,19)(H,16,17). The molecule has 0 saturated heterocycles. The quantitative estimate of drug-likeness (QED) is 0.582. The summed E-state index contributed by atoms with van der Waals surface area (Å²) in [4.78, 5) is 36.2. The molecular weight excluding hydrogens is 252 g/mol.